The summed E-state index contributed by atoms with van der Waals surface area (Å²) < 4.78 is 7.13. The van der Waals surface area contributed by atoms with Crippen molar-refractivity contribution < 1.29 is 14.3 Å². The summed E-state index contributed by atoms with van der Waals surface area (Å²) in [5.74, 6) is -0.0889. The number of aldehydes is 1. The van der Waals surface area contributed by atoms with E-state index in [1.165, 1.54) is 6.20 Å². The molecule has 0 unspecified atom stereocenters. The summed E-state index contributed by atoms with van der Waals surface area (Å²) in [5, 5.41) is 15.4. The fourth-order valence-corrected chi connectivity index (χ4v) is 3.62. The van der Waals surface area contributed by atoms with Crippen LogP contribution in [-0.2, 0) is 11.8 Å². The third-order valence-corrected chi connectivity index (χ3v) is 5.33. The van der Waals surface area contributed by atoms with E-state index in [2.05, 4.69) is 31.6 Å². The van der Waals surface area contributed by atoms with Gasteiger partial charge < -0.3 is 19.9 Å². The van der Waals surface area contributed by atoms with Crippen molar-refractivity contribution in [2.45, 2.75) is 0 Å². The number of fused-ring (bicyclic) bond motifs is 1. The van der Waals surface area contributed by atoms with Gasteiger partial charge in [0.25, 0.3) is 5.91 Å². The fourth-order valence-electron chi connectivity index (χ4n) is 3.62. The number of aromatic nitrogens is 3. The van der Waals surface area contributed by atoms with Crippen LogP contribution >= 0.6 is 0 Å². The summed E-state index contributed by atoms with van der Waals surface area (Å²) in [5.41, 5.74) is 2.75. The SMILES string of the molecule is Cn1cc(C(=O)Nc2cc(NCCN3CCOCC3)c(C#N)cn2)c2nc(C=O)ccc21. The van der Waals surface area contributed by atoms with Gasteiger partial charge in [0.05, 0.1) is 35.5 Å². The molecule has 0 atom stereocenters. The number of aryl methyl sites for hydroxylation is 1. The van der Waals surface area contributed by atoms with Crippen LogP contribution in [0.5, 0.6) is 0 Å². The standard InChI is InChI=1S/C22H23N7O3/c1-28-13-17(21-19(28)3-2-16(14-30)26-21)22(31)27-20-10-18(15(11-23)12-25-20)24-4-5-29-6-8-32-9-7-29/h2-3,10,12-14H,4-9H2,1H3,(H2,24,25,27,31). The number of hydrogen-bond acceptors (Lipinski definition) is 8. The summed E-state index contributed by atoms with van der Waals surface area (Å²) >= 11 is 0. The molecule has 3 aromatic heterocycles. The quantitative estimate of drug-likeness (QED) is 0.539. The molecule has 0 radical (unpaired) electrons. The first-order valence-corrected chi connectivity index (χ1v) is 10.3. The molecule has 0 spiro atoms. The second-order valence-electron chi connectivity index (χ2n) is 7.44. The molecule has 1 amide bonds. The van der Waals surface area contributed by atoms with E-state index in [1.807, 2.05) is 0 Å². The Morgan fingerprint density at radius 1 is 1.34 bits per heavy atom. The Labute approximate surface area is 184 Å². The number of carbonyl (C=O) groups is 2. The van der Waals surface area contributed by atoms with Crippen molar-refractivity contribution in [1.82, 2.24) is 19.4 Å². The first kappa shape index (κ1) is 21.4. The molecule has 0 bridgehead atoms. The van der Waals surface area contributed by atoms with Crippen LogP contribution < -0.4 is 10.6 Å². The number of carbonyl (C=O) groups excluding carboxylic acids is 2. The molecule has 2 N–H and O–H groups in total. The molecule has 1 fully saturated rings. The average molecular weight is 433 g/mol. The van der Waals surface area contributed by atoms with Gasteiger partial charge in [-0.05, 0) is 12.1 Å². The molecule has 0 saturated carbocycles. The number of nitrogens with one attached hydrogen (secondary N) is 2. The number of hydrogen-bond donors (Lipinski definition) is 2. The van der Waals surface area contributed by atoms with Gasteiger partial charge in [0.1, 0.15) is 23.1 Å². The number of amides is 1. The maximum atomic E-state index is 12.9. The number of pyridine rings is 2. The fraction of sp³-hybridized carbons (Fsp3) is 0.318. The van der Waals surface area contributed by atoms with Crippen LogP contribution in [0.1, 0.15) is 26.4 Å². The second-order valence-corrected chi connectivity index (χ2v) is 7.44. The van der Waals surface area contributed by atoms with Gasteiger partial charge in [0.15, 0.2) is 6.29 Å². The van der Waals surface area contributed by atoms with E-state index in [1.54, 1.807) is 36.0 Å². The van der Waals surface area contributed by atoms with Gasteiger partial charge in [-0.3, -0.25) is 14.5 Å². The predicted octanol–water partition coefficient (Wildman–Crippen LogP) is 1.65. The van der Waals surface area contributed by atoms with Crippen molar-refractivity contribution in [2.75, 3.05) is 50.0 Å². The number of ether oxygens (including phenoxy) is 1. The van der Waals surface area contributed by atoms with E-state index in [4.69, 9.17) is 4.74 Å². The zero-order valence-corrected chi connectivity index (χ0v) is 17.7. The maximum absolute atomic E-state index is 12.9. The van der Waals surface area contributed by atoms with Crippen molar-refractivity contribution in [3.05, 3.63) is 47.4 Å². The topological polar surface area (TPSA) is 125 Å². The Hall–Kier alpha value is -3.81. The number of nitrogens with zero attached hydrogens (tertiary/aromatic N) is 5. The Morgan fingerprint density at radius 2 is 2.16 bits per heavy atom. The second kappa shape index (κ2) is 9.55. The molecule has 1 saturated heterocycles. The number of rotatable bonds is 7. The lowest BCUT2D eigenvalue weighted by Crippen LogP contribution is -2.39. The molecule has 3 aromatic rings. The van der Waals surface area contributed by atoms with E-state index in [-0.39, 0.29) is 5.69 Å². The van der Waals surface area contributed by atoms with Crippen molar-refractivity contribution >= 4 is 34.7 Å². The van der Waals surface area contributed by atoms with Gasteiger partial charge in [0, 0.05) is 51.7 Å². The summed E-state index contributed by atoms with van der Waals surface area (Å²) in [6.45, 7) is 4.69. The Balaban J connectivity index is 1.50. The number of morpholine rings is 1. The van der Waals surface area contributed by atoms with Crippen LogP contribution in [-0.4, -0.2) is 71.0 Å². The lowest BCUT2D eigenvalue weighted by Gasteiger charge is -2.26. The van der Waals surface area contributed by atoms with E-state index in [0.717, 1.165) is 38.4 Å². The highest BCUT2D eigenvalue weighted by molar-refractivity contribution is 6.12. The largest absolute Gasteiger partial charge is 0.383 e. The predicted molar refractivity (Wildman–Crippen MR) is 119 cm³/mol. The molecule has 1 aliphatic heterocycles. The first-order valence-electron chi connectivity index (χ1n) is 10.3. The van der Waals surface area contributed by atoms with E-state index in [0.29, 0.717) is 41.0 Å². The Bertz CT molecular complexity index is 1190. The van der Waals surface area contributed by atoms with Gasteiger partial charge in [-0.2, -0.15) is 5.26 Å². The third kappa shape index (κ3) is 4.59. The Morgan fingerprint density at radius 3 is 2.91 bits per heavy atom. The minimum absolute atomic E-state index is 0.251. The van der Waals surface area contributed by atoms with Crippen molar-refractivity contribution in [2.24, 2.45) is 7.05 Å². The smallest absolute Gasteiger partial charge is 0.260 e. The minimum atomic E-state index is -0.400. The summed E-state index contributed by atoms with van der Waals surface area (Å²) in [7, 11) is 1.80. The number of anilines is 2. The zero-order valence-electron chi connectivity index (χ0n) is 17.7. The monoisotopic (exact) mass is 433 g/mol. The van der Waals surface area contributed by atoms with Crippen molar-refractivity contribution in [3.63, 3.8) is 0 Å². The van der Waals surface area contributed by atoms with E-state index >= 15 is 0 Å². The van der Waals surface area contributed by atoms with Gasteiger partial charge in [-0.15, -0.1) is 0 Å². The normalized spacial score (nSPS) is 14.1. The average Bonchev–Trinajstić information content (AvgIpc) is 3.16. The van der Waals surface area contributed by atoms with E-state index in [9.17, 15) is 14.9 Å². The molecular formula is C22H23N7O3. The third-order valence-electron chi connectivity index (χ3n) is 5.33. The molecule has 4 heterocycles. The van der Waals surface area contributed by atoms with Gasteiger partial charge in [-0.25, -0.2) is 9.97 Å². The highest BCUT2D eigenvalue weighted by atomic mass is 16.5. The zero-order chi connectivity index (χ0) is 22.5. The molecule has 32 heavy (non-hydrogen) atoms. The van der Waals surface area contributed by atoms with E-state index < -0.39 is 5.91 Å². The summed E-state index contributed by atoms with van der Waals surface area (Å²) in [6, 6.07) is 7.12. The number of nitriles is 1. The first-order chi connectivity index (χ1) is 15.6. The summed E-state index contributed by atoms with van der Waals surface area (Å²) in [6.07, 6.45) is 3.73. The molecule has 164 valence electrons. The molecule has 10 nitrogen and oxygen atoms in total. The van der Waals surface area contributed by atoms with Gasteiger partial charge in [0.2, 0.25) is 0 Å². The van der Waals surface area contributed by atoms with Crippen molar-refractivity contribution in [3.8, 4) is 6.07 Å². The van der Waals surface area contributed by atoms with Crippen LogP contribution in [0.3, 0.4) is 0 Å². The molecule has 4 rings (SSSR count). The lowest BCUT2D eigenvalue weighted by molar-refractivity contribution is 0.0398. The van der Waals surface area contributed by atoms with Crippen LogP contribution in [0.25, 0.3) is 11.0 Å². The minimum Gasteiger partial charge on any atom is -0.383 e. The Kier molecular flexibility index (Phi) is 6.39. The molecule has 10 heteroatoms. The molecule has 0 aliphatic carbocycles. The maximum Gasteiger partial charge on any atom is 0.260 e. The highest BCUT2D eigenvalue weighted by Gasteiger charge is 2.17. The van der Waals surface area contributed by atoms with Crippen molar-refractivity contribution in [1.29, 1.82) is 5.26 Å². The molecular weight excluding hydrogens is 410 g/mol. The van der Waals surface area contributed by atoms with Crippen LogP contribution in [0.4, 0.5) is 11.5 Å². The lowest BCUT2D eigenvalue weighted by atomic mass is 10.2. The highest BCUT2D eigenvalue weighted by Crippen LogP contribution is 2.22. The van der Waals surface area contributed by atoms with Gasteiger partial charge >= 0.3 is 0 Å². The van der Waals surface area contributed by atoms with Crippen LogP contribution in [0.2, 0.25) is 0 Å². The van der Waals surface area contributed by atoms with Crippen LogP contribution in [0, 0.1) is 11.3 Å². The van der Waals surface area contributed by atoms with Gasteiger partial charge in [-0.1, -0.05) is 0 Å². The summed E-state index contributed by atoms with van der Waals surface area (Å²) in [4.78, 5) is 34.8. The molecule has 0 aromatic carbocycles. The van der Waals surface area contributed by atoms with Crippen LogP contribution in [0.15, 0.2) is 30.6 Å². The molecule has 1 aliphatic rings.